The van der Waals surface area contributed by atoms with E-state index in [9.17, 15) is 0 Å². The Hall–Kier alpha value is -3.11. The van der Waals surface area contributed by atoms with E-state index >= 15 is 0 Å². The molecule has 0 amide bonds. The zero-order valence-electron chi connectivity index (χ0n) is 18.6. The van der Waals surface area contributed by atoms with E-state index in [1.807, 2.05) is 38.6 Å². The monoisotopic (exact) mass is 477 g/mol. The van der Waals surface area contributed by atoms with E-state index in [1.165, 1.54) is 5.56 Å². The molecule has 5 rings (SSSR count). The Morgan fingerprint density at radius 2 is 2.09 bits per heavy atom. The van der Waals surface area contributed by atoms with Crippen molar-refractivity contribution in [2.24, 2.45) is 12.2 Å². The second-order valence-corrected chi connectivity index (χ2v) is 9.46. The molecule has 4 heterocycles. The van der Waals surface area contributed by atoms with E-state index < -0.39 is 0 Å². The molecule has 33 heavy (non-hydrogen) atoms. The Labute approximate surface area is 200 Å². The Morgan fingerprint density at radius 1 is 1.18 bits per heavy atom. The molecule has 4 aromatic rings. The Bertz CT molecular complexity index is 1310. The largest absolute Gasteiger partial charge is 0.387 e. The summed E-state index contributed by atoms with van der Waals surface area (Å²) >= 11 is 3.18. The molecule has 0 aromatic carbocycles. The molecule has 0 N–H and O–H groups in total. The standard InChI is InChI=1S/C23H23N7OS2/c1-14-21(33-22(25-14)16-7-5-11-24-12-16)18-10-9-15-6-4-8-17(20(15)26-18)29-31-13-19-27-23(32-3)30(2)28-19/h5,7,9-12H,4,6,8,13H2,1-3H3. The predicted octanol–water partition coefficient (Wildman–Crippen LogP) is 4.68. The molecule has 0 aliphatic heterocycles. The van der Waals surface area contributed by atoms with Gasteiger partial charge in [0.15, 0.2) is 17.6 Å². The number of aryl methyl sites for hydroxylation is 3. The van der Waals surface area contributed by atoms with Crippen LogP contribution in [0.5, 0.6) is 0 Å². The fourth-order valence-electron chi connectivity index (χ4n) is 3.79. The summed E-state index contributed by atoms with van der Waals surface area (Å²) in [5, 5.41) is 10.6. The van der Waals surface area contributed by atoms with Crippen LogP contribution in [0.4, 0.5) is 0 Å². The Kier molecular flexibility index (Phi) is 6.19. The van der Waals surface area contributed by atoms with E-state index in [1.54, 1.807) is 34.0 Å². The van der Waals surface area contributed by atoms with Crippen LogP contribution in [0.15, 0.2) is 47.0 Å². The number of rotatable bonds is 6. The molecule has 0 unspecified atom stereocenters. The van der Waals surface area contributed by atoms with Gasteiger partial charge < -0.3 is 4.84 Å². The molecule has 1 aliphatic rings. The number of aromatic nitrogens is 6. The molecule has 0 saturated heterocycles. The summed E-state index contributed by atoms with van der Waals surface area (Å²) in [6, 6.07) is 8.18. The van der Waals surface area contributed by atoms with Gasteiger partial charge in [-0.3, -0.25) is 4.98 Å². The van der Waals surface area contributed by atoms with Gasteiger partial charge in [0.2, 0.25) is 0 Å². The molecular weight excluding hydrogens is 454 g/mol. The summed E-state index contributed by atoms with van der Waals surface area (Å²) in [7, 11) is 1.87. The first-order valence-corrected chi connectivity index (χ1v) is 12.7. The zero-order chi connectivity index (χ0) is 22.8. The number of hydrogen-bond donors (Lipinski definition) is 0. The minimum atomic E-state index is 0.231. The molecule has 1 aliphatic carbocycles. The minimum Gasteiger partial charge on any atom is -0.387 e. The summed E-state index contributed by atoms with van der Waals surface area (Å²) in [5.41, 5.74) is 5.86. The van der Waals surface area contributed by atoms with E-state index in [-0.39, 0.29) is 6.61 Å². The average molecular weight is 478 g/mol. The number of thiazole rings is 1. The lowest BCUT2D eigenvalue weighted by atomic mass is 9.94. The van der Waals surface area contributed by atoms with Gasteiger partial charge >= 0.3 is 0 Å². The molecule has 0 fully saturated rings. The minimum absolute atomic E-state index is 0.231. The molecule has 0 spiro atoms. The van der Waals surface area contributed by atoms with Gasteiger partial charge in [-0.2, -0.15) is 5.10 Å². The molecular formula is C23H23N7OS2. The molecule has 0 atom stereocenters. The fourth-order valence-corrected chi connectivity index (χ4v) is 5.32. The molecule has 168 valence electrons. The maximum absolute atomic E-state index is 5.64. The van der Waals surface area contributed by atoms with Crippen molar-refractivity contribution in [3.63, 3.8) is 0 Å². The number of nitrogens with zero attached hydrogens (tertiary/aromatic N) is 7. The second kappa shape index (κ2) is 9.40. The van der Waals surface area contributed by atoms with E-state index in [0.29, 0.717) is 5.82 Å². The lowest BCUT2D eigenvalue weighted by Crippen LogP contribution is -2.15. The van der Waals surface area contributed by atoms with Crippen molar-refractivity contribution in [3.8, 4) is 21.1 Å². The van der Waals surface area contributed by atoms with Gasteiger partial charge in [-0.1, -0.05) is 23.0 Å². The van der Waals surface area contributed by atoms with E-state index in [4.69, 9.17) is 14.8 Å². The van der Waals surface area contributed by atoms with Crippen molar-refractivity contribution >= 4 is 28.8 Å². The van der Waals surface area contributed by atoms with Crippen LogP contribution < -0.4 is 0 Å². The van der Waals surface area contributed by atoms with Gasteiger partial charge in [-0.25, -0.2) is 19.6 Å². The van der Waals surface area contributed by atoms with Crippen molar-refractivity contribution in [1.29, 1.82) is 0 Å². The highest BCUT2D eigenvalue weighted by atomic mass is 32.2. The van der Waals surface area contributed by atoms with Crippen LogP contribution in [0.25, 0.3) is 21.1 Å². The maximum atomic E-state index is 5.64. The van der Waals surface area contributed by atoms with Crippen LogP contribution in [0.3, 0.4) is 0 Å². The molecule has 0 radical (unpaired) electrons. The van der Waals surface area contributed by atoms with Crippen LogP contribution in [-0.4, -0.2) is 41.7 Å². The van der Waals surface area contributed by atoms with Gasteiger partial charge in [0.05, 0.1) is 22.0 Å². The lowest BCUT2D eigenvalue weighted by molar-refractivity contribution is 0.124. The van der Waals surface area contributed by atoms with Crippen LogP contribution in [0.2, 0.25) is 0 Å². The number of hydrogen-bond acceptors (Lipinski definition) is 9. The third kappa shape index (κ3) is 4.53. The summed E-state index contributed by atoms with van der Waals surface area (Å²) < 4.78 is 1.75. The molecule has 8 nitrogen and oxygen atoms in total. The molecule has 4 aromatic heterocycles. The second-order valence-electron chi connectivity index (χ2n) is 7.68. The lowest BCUT2D eigenvalue weighted by Gasteiger charge is -2.17. The van der Waals surface area contributed by atoms with Crippen molar-refractivity contribution in [2.45, 2.75) is 37.9 Å². The van der Waals surface area contributed by atoms with Crippen molar-refractivity contribution in [1.82, 2.24) is 29.7 Å². The van der Waals surface area contributed by atoms with Crippen molar-refractivity contribution < 1.29 is 4.84 Å². The normalized spacial score (nSPS) is 14.5. The van der Waals surface area contributed by atoms with Crippen LogP contribution in [-0.2, 0) is 24.9 Å². The summed E-state index contributed by atoms with van der Waals surface area (Å²) in [6.45, 7) is 2.25. The first-order chi connectivity index (χ1) is 16.1. The van der Waals surface area contributed by atoms with Crippen LogP contribution in [0.1, 0.15) is 35.6 Å². The maximum Gasteiger partial charge on any atom is 0.192 e. The van der Waals surface area contributed by atoms with Gasteiger partial charge in [0, 0.05) is 25.0 Å². The summed E-state index contributed by atoms with van der Waals surface area (Å²) in [4.78, 5) is 25.1. The third-order valence-corrected chi connectivity index (χ3v) is 7.32. The SMILES string of the molecule is CSc1nc(CON=C2CCCc3ccc(-c4sc(-c5cccnc5)nc4C)nc32)nn1C. The third-order valence-electron chi connectivity index (χ3n) is 5.37. The van der Waals surface area contributed by atoms with Gasteiger partial charge in [-0.05, 0) is 56.2 Å². The number of pyridine rings is 2. The average Bonchev–Trinajstić information content (AvgIpc) is 3.41. The predicted molar refractivity (Wildman–Crippen MR) is 130 cm³/mol. The van der Waals surface area contributed by atoms with Crippen LogP contribution in [0, 0.1) is 6.92 Å². The first kappa shape index (κ1) is 21.7. The fraction of sp³-hybridized carbons (Fsp3) is 0.304. The van der Waals surface area contributed by atoms with E-state index in [0.717, 1.165) is 62.7 Å². The van der Waals surface area contributed by atoms with Gasteiger partial charge in [0.25, 0.3) is 0 Å². The topological polar surface area (TPSA) is 91.0 Å². The van der Waals surface area contributed by atoms with Crippen molar-refractivity contribution in [3.05, 3.63) is 59.4 Å². The van der Waals surface area contributed by atoms with Gasteiger partial charge in [0.1, 0.15) is 10.7 Å². The molecule has 0 saturated carbocycles. The Morgan fingerprint density at radius 3 is 2.88 bits per heavy atom. The zero-order valence-corrected chi connectivity index (χ0v) is 20.3. The Balaban J connectivity index is 1.40. The first-order valence-electron chi connectivity index (χ1n) is 10.6. The smallest absolute Gasteiger partial charge is 0.192 e. The quantitative estimate of drug-likeness (QED) is 0.294. The van der Waals surface area contributed by atoms with Gasteiger partial charge in [-0.15, -0.1) is 11.3 Å². The number of thioether (sulfide) groups is 1. The highest BCUT2D eigenvalue weighted by Crippen LogP contribution is 2.35. The summed E-state index contributed by atoms with van der Waals surface area (Å²) in [5.74, 6) is 0.618. The number of fused-ring (bicyclic) bond motifs is 1. The highest BCUT2D eigenvalue weighted by molar-refractivity contribution is 7.98. The van der Waals surface area contributed by atoms with Crippen molar-refractivity contribution in [2.75, 3.05) is 6.26 Å². The number of oxime groups is 1. The molecule has 0 bridgehead atoms. The summed E-state index contributed by atoms with van der Waals surface area (Å²) in [6.07, 6.45) is 8.43. The molecule has 10 heteroatoms. The van der Waals surface area contributed by atoms with Crippen LogP contribution >= 0.6 is 23.1 Å². The highest BCUT2D eigenvalue weighted by Gasteiger charge is 2.21. The van der Waals surface area contributed by atoms with E-state index in [2.05, 4.69) is 32.4 Å².